The molecule has 6 nitrogen and oxygen atoms in total. The van der Waals surface area contributed by atoms with Crippen LogP contribution in [0.15, 0.2) is 73.2 Å². The summed E-state index contributed by atoms with van der Waals surface area (Å²) in [6.07, 6.45) is 8.12. The summed E-state index contributed by atoms with van der Waals surface area (Å²) < 4.78 is 1.89. The van der Waals surface area contributed by atoms with Crippen molar-refractivity contribution in [3.05, 3.63) is 84.3 Å². The molecule has 1 aliphatic heterocycles. The molecule has 0 bridgehead atoms. The lowest BCUT2D eigenvalue weighted by Crippen LogP contribution is -2.18. The van der Waals surface area contributed by atoms with Gasteiger partial charge < -0.3 is 9.72 Å². The van der Waals surface area contributed by atoms with E-state index in [4.69, 9.17) is 4.98 Å². The molecule has 1 aliphatic rings. The van der Waals surface area contributed by atoms with E-state index in [1.165, 1.54) is 31.5 Å². The van der Waals surface area contributed by atoms with E-state index in [1.54, 1.807) is 18.3 Å². The van der Waals surface area contributed by atoms with Crippen molar-refractivity contribution in [1.29, 1.82) is 0 Å². The average molecular weight is 397 g/mol. The van der Waals surface area contributed by atoms with Gasteiger partial charge in [0.25, 0.3) is 5.91 Å². The maximum absolute atomic E-state index is 12.8. The molecule has 5 rings (SSSR count). The maximum atomic E-state index is 12.8. The summed E-state index contributed by atoms with van der Waals surface area (Å²) in [6.45, 7) is 3.39. The molecule has 0 unspecified atom stereocenters. The molecule has 0 spiro atoms. The molecular weight excluding hydrogens is 374 g/mol. The number of nitrogens with one attached hydrogen (secondary N) is 1. The predicted molar refractivity (Wildman–Crippen MR) is 117 cm³/mol. The standard InChI is InChI=1S/C24H23N5O/c30-24(27-22-7-1-2-12-25-22)20-6-5-15-29-17-21(26-23(20)29)19-10-8-18(9-11-19)16-28-13-3-4-14-28/h1-2,5-12,15,17H,3-4,13-14,16H2,(H,25,27,30). The van der Waals surface area contributed by atoms with E-state index >= 15 is 0 Å². The van der Waals surface area contributed by atoms with Crippen LogP contribution in [-0.2, 0) is 6.54 Å². The van der Waals surface area contributed by atoms with Crippen LogP contribution in [0.4, 0.5) is 5.82 Å². The van der Waals surface area contributed by atoms with E-state index < -0.39 is 0 Å². The van der Waals surface area contributed by atoms with E-state index in [2.05, 4.69) is 39.5 Å². The van der Waals surface area contributed by atoms with E-state index in [0.717, 1.165) is 17.8 Å². The Bertz CT molecular complexity index is 1160. The van der Waals surface area contributed by atoms with Crippen LogP contribution in [0.2, 0.25) is 0 Å². The van der Waals surface area contributed by atoms with Gasteiger partial charge in [0.15, 0.2) is 0 Å². The number of nitrogens with zero attached hydrogens (tertiary/aromatic N) is 4. The fourth-order valence-electron chi connectivity index (χ4n) is 3.93. The molecule has 1 amide bonds. The van der Waals surface area contributed by atoms with Crippen LogP contribution < -0.4 is 5.32 Å². The Kier molecular flexibility index (Phi) is 4.99. The van der Waals surface area contributed by atoms with Crippen LogP contribution in [-0.4, -0.2) is 38.3 Å². The zero-order valence-electron chi connectivity index (χ0n) is 16.7. The van der Waals surface area contributed by atoms with Crippen LogP contribution in [0.25, 0.3) is 16.9 Å². The number of pyridine rings is 2. The first-order valence-electron chi connectivity index (χ1n) is 10.3. The van der Waals surface area contributed by atoms with Gasteiger partial charge in [0.2, 0.25) is 0 Å². The number of fused-ring (bicyclic) bond motifs is 1. The molecule has 1 saturated heterocycles. The lowest BCUT2D eigenvalue weighted by molar-refractivity contribution is 0.102. The van der Waals surface area contributed by atoms with Gasteiger partial charge in [-0.05, 0) is 55.8 Å². The summed E-state index contributed by atoms with van der Waals surface area (Å²) >= 11 is 0. The normalized spacial score (nSPS) is 14.3. The maximum Gasteiger partial charge on any atom is 0.260 e. The molecule has 0 radical (unpaired) electrons. The van der Waals surface area contributed by atoms with Gasteiger partial charge in [0.1, 0.15) is 11.5 Å². The fourth-order valence-corrected chi connectivity index (χ4v) is 3.93. The lowest BCUT2D eigenvalue weighted by Gasteiger charge is -2.14. The van der Waals surface area contributed by atoms with Crippen molar-refractivity contribution in [3.63, 3.8) is 0 Å². The van der Waals surface area contributed by atoms with Crippen LogP contribution in [0.5, 0.6) is 0 Å². The fraction of sp³-hybridized carbons (Fsp3) is 0.208. The van der Waals surface area contributed by atoms with Crippen molar-refractivity contribution in [2.75, 3.05) is 18.4 Å². The Morgan fingerprint density at radius 2 is 1.83 bits per heavy atom. The monoisotopic (exact) mass is 397 g/mol. The van der Waals surface area contributed by atoms with Crippen molar-refractivity contribution in [1.82, 2.24) is 19.3 Å². The molecule has 1 aromatic carbocycles. The zero-order valence-corrected chi connectivity index (χ0v) is 16.7. The topological polar surface area (TPSA) is 62.5 Å². The number of carbonyl (C=O) groups excluding carboxylic acids is 1. The van der Waals surface area contributed by atoms with E-state index in [9.17, 15) is 4.79 Å². The average Bonchev–Trinajstić information content (AvgIpc) is 3.44. The summed E-state index contributed by atoms with van der Waals surface area (Å²) in [5.41, 5.74) is 4.35. The highest BCUT2D eigenvalue weighted by Gasteiger charge is 2.15. The first kappa shape index (κ1) is 18.5. The molecule has 0 saturated carbocycles. The highest BCUT2D eigenvalue weighted by Crippen LogP contribution is 2.23. The quantitative estimate of drug-likeness (QED) is 0.547. The number of amides is 1. The first-order chi connectivity index (χ1) is 14.8. The Morgan fingerprint density at radius 1 is 1.00 bits per heavy atom. The zero-order chi connectivity index (χ0) is 20.3. The van der Waals surface area contributed by atoms with Gasteiger partial charge in [0, 0.05) is 30.7 Å². The lowest BCUT2D eigenvalue weighted by atomic mass is 10.1. The van der Waals surface area contributed by atoms with Gasteiger partial charge in [-0.3, -0.25) is 9.69 Å². The molecule has 30 heavy (non-hydrogen) atoms. The Morgan fingerprint density at radius 3 is 2.60 bits per heavy atom. The number of carbonyl (C=O) groups is 1. The van der Waals surface area contributed by atoms with Crippen LogP contribution in [0, 0.1) is 0 Å². The summed E-state index contributed by atoms with van der Waals surface area (Å²) in [5, 5.41) is 2.83. The van der Waals surface area contributed by atoms with Crippen molar-refractivity contribution < 1.29 is 4.79 Å². The number of anilines is 1. The molecule has 0 atom stereocenters. The highest BCUT2D eigenvalue weighted by atomic mass is 16.1. The minimum absolute atomic E-state index is 0.225. The minimum atomic E-state index is -0.225. The second kappa shape index (κ2) is 8.08. The molecule has 4 aromatic rings. The Balaban J connectivity index is 1.39. The van der Waals surface area contributed by atoms with E-state index in [0.29, 0.717) is 17.0 Å². The van der Waals surface area contributed by atoms with Gasteiger partial charge in [-0.15, -0.1) is 0 Å². The van der Waals surface area contributed by atoms with Gasteiger partial charge >= 0.3 is 0 Å². The summed E-state index contributed by atoms with van der Waals surface area (Å²) in [7, 11) is 0. The first-order valence-corrected chi connectivity index (χ1v) is 10.3. The van der Waals surface area contributed by atoms with Crippen molar-refractivity contribution >= 4 is 17.4 Å². The van der Waals surface area contributed by atoms with Crippen LogP contribution >= 0.6 is 0 Å². The number of benzene rings is 1. The number of likely N-dealkylation sites (tertiary alicyclic amines) is 1. The second-order valence-corrected chi connectivity index (χ2v) is 7.63. The van der Waals surface area contributed by atoms with Gasteiger partial charge in [-0.25, -0.2) is 9.97 Å². The molecule has 4 heterocycles. The molecule has 0 aliphatic carbocycles. The molecule has 1 fully saturated rings. The van der Waals surface area contributed by atoms with Crippen molar-refractivity contribution in [2.45, 2.75) is 19.4 Å². The van der Waals surface area contributed by atoms with Gasteiger partial charge in [-0.2, -0.15) is 0 Å². The molecule has 1 N–H and O–H groups in total. The number of aromatic nitrogens is 3. The van der Waals surface area contributed by atoms with Crippen LogP contribution in [0.3, 0.4) is 0 Å². The predicted octanol–water partition coefficient (Wildman–Crippen LogP) is 4.24. The largest absolute Gasteiger partial charge is 0.306 e. The van der Waals surface area contributed by atoms with Crippen LogP contribution in [0.1, 0.15) is 28.8 Å². The van der Waals surface area contributed by atoms with Crippen molar-refractivity contribution in [2.24, 2.45) is 0 Å². The number of hydrogen-bond donors (Lipinski definition) is 1. The Labute approximate surface area is 175 Å². The third kappa shape index (κ3) is 3.82. The van der Waals surface area contributed by atoms with E-state index in [1.807, 2.05) is 35.0 Å². The third-order valence-corrected chi connectivity index (χ3v) is 5.49. The highest BCUT2D eigenvalue weighted by molar-refractivity contribution is 6.08. The summed E-state index contributed by atoms with van der Waals surface area (Å²) in [4.78, 5) is 24.2. The smallest absolute Gasteiger partial charge is 0.260 e. The third-order valence-electron chi connectivity index (χ3n) is 5.49. The number of imidazole rings is 1. The SMILES string of the molecule is O=C(Nc1ccccn1)c1cccn2cc(-c3ccc(CN4CCCC4)cc3)nc12. The van der Waals surface area contributed by atoms with Gasteiger partial charge in [-0.1, -0.05) is 30.3 Å². The summed E-state index contributed by atoms with van der Waals surface area (Å²) in [6, 6.07) is 17.6. The van der Waals surface area contributed by atoms with Gasteiger partial charge in [0.05, 0.1) is 11.3 Å². The second-order valence-electron chi connectivity index (χ2n) is 7.63. The number of hydrogen-bond acceptors (Lipinski definition) is 4. The Hall–Kier alpha value is -3.51. The van der Waals surface area contributed by atoms with Crippen molar-refractivity contribution in [3.8, 4) is 11.3 Å². The molecular formula is C24H23N5O. The van der Waals surface area contributed by atoms with E-state index in [-0.39, 0.29) is 5.91 Å². The minimum Gasteiger partial charge on any atom is -0.306 e. The molecule has 6 heteroatoms. The molecule has 3 aromatic heterocycles. The number of rotatable bonds is 5. The molecule has 150 valence electrons. The summed E-state index contributed by atoms with van der Waals surface area (Å²) in [5.74, 6) is 0.294.